The number of rotatable bonds is 7. The van der Waals surface area contributed by atoms with E-state index in [0.29, 0.717) is 51.5 Å². The lowest BCUT2D eigenvalue weighted by Gasteiger charge is -2.32. The first-order valence-corrected chi connectivity index (χ1v) is 10.5. The van der Waals surface area contributed by atoms with Crippen LogP contribution >= 0.6 is 0 Å². The van der Waals surface area contributed by atoms with Crippen molar-refractivity contribution in [1.82, 2.24) is 14.5 Å². The van der Waals surface area contributed by atoms with E-state index in [-0.39, 0.29) is 17.8 Å². The van der Waals surface area contributed by atoms with Gasteiger partial charge in [-0.05, 0) is 45.7 Å². The highest BCUT2D eigenvalue weighted by Gasteiger charge is 2.32. The zero-order chi connectivity index (χ0) is 21.7. The van der Waals surface area contributed by atoms with Crippen LogP contribution in [0.3, 0.4) is 0 Å². The van der Waals surface area contributed by atoms with Gasteiger partial charge >= 0.3 is 6.09 Å². The number of benzene rings is 1. The fraction of sp³-hybridized carbons (Fsp3) is 0.522. The Bertz CT molecular complexity index is 905. The Kier molecular flexibility index (Phi) is 6.92. The molecule has 2 heterocycles. The van der Waals surface area contributed by atoms with E-state index in [4.69, 9.17) is 9.47 Å². The van der Waals surface area contributed by atoms with Gasteiger partial charge < -0.3 is 18.9 Å². The average molecular weight is 414 g/mol. The predicted octanol–water partition coefficient (Wildman–Crippen LogP) is 4.07. The van der Waals surface area contributed by atoms with Crippen LogP contribution in [0.5, 0.6) is 0 Å². The summed E-state index contributed by atoms with van der Waals surface area (Å²) in [5.41, 5.74) is 1.20. The van der Waals surface area contributed by atoms with Crippen LogP contribution in [0.2, 0.25) is 0 Å². The average Bonchev–Trinajstić information content (AvgIpc) is 3.08. The molecule has 30 heavy (non-hydrogen) atoms. The van der Waals surface area contributed by atoms with Crippen molar-refractivity contribution in [3.8, 4) is 0 Å². The molecular formula is C23H31N3O4. The minimum atomic E-state index is -0.526. The molecule has 0 atom stereocenters. The van der Waals surface area contributed by atoms with E-state index in [1.807, 2.05) is 49.6 Å². The number of hydrogen-bond donors (Lipinski definition) is 0. The monoisotopic (exact) mass is 413 g/mol. The van der Waals surface area contributed by atoms with E-state index in [1.165, 1.54) is 0 Å². The maximum atomic E-state index is 13.3. The quantitative estimate of drug-likeness (QED) is 0.389. The lowest BCUT2D eigenvalue weighted by Crippen LogP contribution is -2.43. The zero-order valence-electron chi connectivity index (χ0n) is 18.1. The molecule has 3 rings (SSSR count). The number of imidazole rings is 1. The molecule has 1 aliphatic heterocycles. The van der Waals surface area contributed by atoms with Gasteiger partial charge in [-0.15, -0.1) is 6.58 Å². The van der Waals surface area contributed by atoms with Crippen molar-refractivity contribution in [2.24, 2.45) is 5.92 Å². The van der Waals surface area contributed by atoms with Crippen molar-refractivity contribution in [3.63, 3.8) is 0 Å². The fourth-order valence-electron chi connectivity index (χ4n) is 3.65. The van der Waals surface area contributed by atoms with E-state index in [1.54, 1.807) is 11.0 Å². The third-order valence-corrected chi connectivity index (χ3v) is 5.09. The zero-order valence-corrected chi connectivity index (χ0v) is 18.1. The first-order chi connectivity index (χ1) is 14.3. The summed E-state index contributed by atoms with van der Waals surface area (Å²) in [5, 5.41) is 0. The molecule has 1 aliphatic rings. The number of likely N-dealkylation sites (tertiary alicyclic amines) is 1. The second kappa shape index (κ2) is 9.43. The van der Waals surface area contributed by atoms with Crippen LogP contribution in [0.1, 0.15) is 44.2 Å². The maximum absolute atomic E-state index is 13.3. The van der Waals surface area contributed by atoms with Gasteiger partial charge in [-0.3, -0.25) is 4.79 Å². The van der Waals surface area contributed by atoms with E-state index >= 15 is 0 Å². The number of piperidine rings is 1. The van der Waals surface area contributed by atoms with Gasteiger partial charge in [0, 0.05) is 25.6 Å². The molecule has 2 aromatic rings. The van der Waals surface area contributed by atoms with Gasteiger partial charge in [-0.1, -0.05) is 18.2 Å². The Morgan fingerprint density at radius 3 is 2.60 bits per heavy atom. The van der Waals surface area contributed by atoms with E-state index in [0.717, 1.165) is 11.0 Å². The van der Waals surface area contributed by atoms with Gasteiger partial charge in [-0.2, -0.15) is 0 Å². The number of carbonyl (C=O) groups excluding carboxylic acids is 2. The van der Waals surface area contributed by atoms with E-state index < -0.39 is 5.60 Å². The molecule has 1 aromatic heterocycles. The number of nitrogens with zero attached hydrogens (tertiary/aromatic N) is 3. The Morgan fingerprint density at radius 1 is 1.23 bits per heavy atom. The third kappa shape index (κ3) is 5.27. The molecule has 0 radical (unpaired) electrons. The summed E-state index contributed by atoms with van der Waals surface area (Å²) in [6.45, 7) is 11.7. The van der Waals surface area contributed by atoms with Crippen molar-refractivity contribution in [2.75, 3.05) is 26.3 Å². The molecule has 0 N–H and O–H groups in total. The lowest BCUT2D eigenvalue weighted by atomic mass is 9.92. The molecule has 1 saturated heterocycles. The fourth-order valence-corrected chi connectivity index (χ4v) is 3.65. The van der Waals surface area contributed by atoms with Gasteiger partial charge in [0.15, 0.2) is 5.82 Å². The second-order valence-corrected chi connectivity index (χ2v) is 8.55. The van der Waals surface area contributed by atoms with Crippen LogP contribution in [-0.4, -0.2) is 58.2 Å². The van der Waals surface area contributed by atoms with E-state index in [2.05, 4.69) is 11.6 Å². The van der Waals surface area contributed by atoms with Crippen molar-refractivity contribution in [3.05, 3.63) is 42.7 Å². The number of hydrogen-bond acceptors (Lipinski definition) is 5. The highest BCUT2D eigenvalue weighted by Crippen LogP contribution is 2.25. The van der Waals surface area contributed by atoms with Crippen molar-refractivity contribution >= 4 is 22.9 Å². The SMILES string of the molecule is C=CCOCCn1c(C(=O)C2CCN(C(=O)OC(C)(C)C)CC2)nc2ccccc21. The summed E-state index contributed by atoms with van der Waals surface area (Å²) in [7, 11) is 0. The molecule has 7 heteroatoms. The standard InChI is InChI=1S/C23H31N3O4/c1-5-15-29-16-14-26-19-9-7-6-8-18(19)24-21(26)20(27)17-10-12-25(13-11-17)22(28)30-23(2,3)4/h5-9,17H,1,10-16H2,2-4H3. The minimum Gasteiger partial charge on any atom is -0.444 e. The molecular weight excluding hydrogens is 382 g/mol. The highest BCUT2D eigenvalue weighted by molar-refractivity contribution is 5.98. The summed E-state index contributed by atoms with van der Waals surface area (Å²) >= 11 is 0. The van der Waals surface area contributed by atoms with E-state index in [9.17, 15) is 9.59 Å². The molecule has 0 unspecified atom stereocenters. The Hall–Kier alpha value is -2.67. The van der Waals surface area contributed by atoms with Crippen LogP contribution in [-0.2, 0) is 16.0 Å². The number of ketones is 1. The molecule has 1 fully saturated rings. The van der Waals surface area contributed by atoms with Gasteiger partial charge in [0.05, 0.1) is 24.2 Å². The second-order valence-electron chi connectivity index (χ2n) is 8.55. The van der Waals surface area contributed by atoms with Gasteiger partial charge in [0.1, 0.15) is 5.60 Å². The maximum Gasteiger partial charge on any atom is 0.410 e. The minimum absolute atomic E-state index is 0.0266. The first kappa shape index (κ1) is 22.0. The lowest BCUT2D eigenvalue weighted by molar-refractivity contribution is 0.0181. The summed E-state index contributed by atoms with van der Waals surface area (Å²) in [5.74, 6) is 0.334. The largest absolute Gasteiger partial charge is 0.444 e. The Labute approximate surface area is 177 Å². The molecule has 0 saturated carbocycles. The van der Waals surface area contributed by atoms with Crippen LogP contribution in [0.15, 0.2) is 36.9 Å². The van der Waals surface area contributed by atoms with Crippen LogP contribution < -0.4 is 0 Å². The first-order valence-electron chi connectivity index (χ1n) is 10.5. The van der Waals surface area contributed by atoms with Crippen molar-refractivity contribution < 1.29 is 19.1 Å². The summed E-state index contributed by atoms with van der Waals surface area (Å²) in [6.07, 6.45) is 2.60. The predicted molar refractivity (Wildman–Crippen MR) is 116 cm³/mol. The molecule has 162 valence electrons. The molecule has 0 bridgehead atoms. The number of aromatic nitrogens is 2. The number of Topliss-reactive ketones (excluding diaryl/α,β-unsaturated/α-hetero) is 1. The Morgan fingerprint density at radius 2 is 1.93 bits per heavy atom. The van der Waals surface area contributed by atoms with Crippen LogP contribution in [0, 0.1) is 5.92 Å². The normalized spacial score (nSPS) is 15.4. The molecule has 1 amide bonds. The van der Waals surface area contributed by atoms with Gasteiger partial charge in [0.2, 0.25) is 5.78 Å². The summed E-state index contributed by atoms with van der Waals surface area (Å²) < 4.78 is 12.9. The topological polar surface area (TPSA) is 73.7 Å². The summed E-state index contributed by atoms with van der Waals surface area (Å²) in [4.78, 5) is 31.9. The van der Waals surface area contributed by atoms with Crippen molar-refractivity contribution in [2.45, 2.75) is 45.8 Å². The molecule has 7 nitrogen and oxygen atoms in total. The Balaban J connectivity index is 1.71. The third-order valence-electron chi connectivity index (χ3n) is 5.09. The number of fused-ring (bicyclic) bond motifs is 1. The number of para-hydroxylation sites is 2. The molecule has 0 aliphatic carbocycles. The molecule has 1 aromatic carbocycles. The van der Waals surface area contributed by atoms with Crippen molar-refractivity contribution in [1.29, 1.82) is 0 Å². The van der Waals surface area contributed by atoms with Crippen LogP contribution in [0.25, 0.3) is 11.0 Å². The number of amides is 1. The molecule has 0 spiro atoms. The van der Waals surface area contributed by atoms with Gasteiger partial charge in [-0.25, -0.2) is 9.78 Å². The number of carbonyl (C=O) groups is 2. The highest BCUT2D eigenvalue weighted by atomic mass is 16.6. The number of ether oxygens (including phenoxy) is 2. The smallest absolute Gasteiger partial charge is 0.410 e. The van der Waals surface area contributed by atoms with Gasteiger partial charge in [0.25, 0.3) is 0 Å². The van der Waals surface area contributed by atoms with Crippen LogP contribution in [0.4, 0.5) is 4.79 Å². The summed E-state index contributed by atoms with van der Waals surface area (Å²) in [6, 6.07) is 7.75.